The number of hydrogen-bond acceptors (Lipinski definition) is 2. The van der Waals surface area contributed by atoms with Crippen molar-refractivity contribution >= 4 is 44.3 Å². The van der Waals surface area contributed by atoms with Crippen LogP contribution in [0.1, 0.15) is 25.5 Å². The summed E-state index contributed by atoms with van der Waals surface area (Å²) in [5.41, 5.74) is 6.81. The number of aliphatic hydroxyl groups is 1. The molecule has 0 aliphatic heterocycles. The van der Waals surface area contributed by atoms with Gasteiger partial charge in [-0.05, 0) is 23.8 Å². The third kappa shape index (κ3) is 4.00. The van der Waals surface area contributed by atoms with Crippen molar-refractivity contribution in [3.8, 4) is 0 Å². The Morgan fingerprint density at radius 3 is 2.06 bits per heavy atom. The van der Waals surface area contributed by atoms with Gasteiger partial charge < -0.3 is 10.8 Å². The maximum Gasteiger partial charge on any atom is 0.0500 e. The minimum atomic E-state index is -0.319. The van der Waals surface area contributed by atoms with E-state index in [2.05, 4.69) is 31.9 Å². The normalized spacial score (nSPS) is 13.1. The van der Waals surface area contributed by atoms with Gasteiger partial charge in [0, 0.05) is 27.0 Å². The summed E-state index contributed by atoms with van der Waals surface area (Å²) in [5.74, 6) is 0. The molecule has 0 saturated carbocycles. The number of rotatable bonds is 3. The van der Waals surface area contributed by atoms with Gasteiger partial charge in [-0.3, -0.25) is 0 Å². The van der Waals surface area contributed by atoms with E-state index < -0.39 is 0 Å². The quantitative estimate of drug-likeness (QED) is 0.850. The van der Waals surface area contributed by atoms with Gasteiger partial charge in [0.1, 0.15) is 0 Å². The molecule has 0 bridgehead atoms. The van der Waals surface area contributed by atoms with Crippen molar-refractivity contribution in [1.82, 2.24) is 0 Å². The maximum absolute atomic E-state index is 9.26. The van der Waals surface area contributed by atoms with Crippen molar-refractivity contribution in [2.24, 2.45) is 11.1 Å². The lowest BCUT2D eigenvalue weighted by Crippen LogP contribution is -2.32. The predicted octanol–water partition coefficient (Wildman–Crippen LogP) is 3.65. The zero-order valence-corrected chi connectivity index (χ0v) is 13.2. The van der Waals surface area contributed by atoms with Gasteiger partial charge in [0.2, 0.25) is 0 Å². The van der Waals surface area contributed by atoms with Crippen molar-refractivity contribution in [2.45, 2.75) is 19.9 Å². The summed E-state index contributed by atoms with van der Waals surface area (Å²) in [6, 6.07) is 5.73. The van der Waals surface area contributed by atoms with Gasteiger partial charge in [0.25, 0.3) is 0 Å². The van der Waals surface area contributed by atoms with E-state index >= 15 is 0 Å². The van der Waals surface area contributed by atoms with Crippen LogP contribution in [0.5, 0.6) is 0 Å². The first-order chi connectivity index (χ1) is 6.86. The summed E-state index contributed by atoms with van der Waals surface area (Å²) < 4.78 is 1.96. The highest BCUT2D eigenvalue weighted by molar-refractivity contribution is 9.11. The fourth-order valence-corrected chi connectivity index (χ4v) is 2.63. The Balaban J connectivity index is 0.00000225. The van der Waals surface area contributed by atoms with Crippen LogP contribution in [0.3, 0.4) is 0 Å². The summed E-state index contributed by atoms with van der Waals surface area (Å²) in [5, 5.41) is 9.26. The Bertz CT molecular complexity index is 338. The molecule has 1 aromatic carbocycles. The molecule has 92 valence electrons. The van der Waals surface area contributed by atoms with Crippen molar-refractivity contribution in [2.75, 3.05) is 6.61 Å². The minimum Gasteiger partial charge on any atom is -0.396 e. The largest absolute Gasteiger partial charge is 0.396 e. The van der Waals surface area contributed by atoms with Crippen molar-refractivity contribution < 1.29 is 5.11 Å². The van der Waals surface area contributed by atoms with Crippen LogP contribution < -0.4 is 5.73 Å². The number of benzene rings is 1. The maximum atomic E-state index is 9.26. The fourth-order valence-electron chi connectivity index (χ4n) is 1.30. The Labute approximate surface area is 119 Å². The topological polar surface area (TPSA) is 46.2 Å². The molecule has 0 aliphatic carbocycles. The number of aliphatic hydroxyl groups excluding tert-OH is 1. The van der Waals surface area contributed by atoms with E-state index in [0.717, 1.165) is 14.5 Å². The van der Waals surface area contributed by atoms with E-state index in [0.29, 0.717) is 0 Å². The molecule has 1 atom stereocenters. The second-order valence-electron chi connectivity index (χ2n) is 4.33. The van der Waals surface area contributed by atoms with Gasteiger partial charge in [-0.15, -0.1) is 12.4 Å². The molecule has 0 fully saturated rings. The average molecular weight is 374 g/mol. The molecule has 0 aromatic heterocycles. The number of nitrogens with two attached hydrogens (primary N) is 1. The van der Waals surface area contributed by atoms with E-state index in [4.69, 9.17) is 5.73 Å². The molecular formula is C11H16Br2ClNO. The van der Waals surface area contributed by atoms with Crippen LogP contribution >= 0.6 is 44.3 Å². The smallest absolute Gasteiger partial charge is 0.0500 e. The average Bonchev–Trinajstić information content (AvgIpc) is 2.15. The molecule has 16 heavy (non-hydrogen) atoms. The summed E-state index contributed by atoms with van der Waals surface area (Å²) in [7, 11) is 0. The number of halogens is 3. The van der Waals surface area contributed by atoms with Crippen LogP contribution in [0.25, 0.3) is 0 Å². The highest BCUT2D eigenvalue weighted by atomic mass is 79.9. The molecule has 0 radical (unpaired) electrons. The summed E-state index contributed by atoms with van der Waals surface area (Å²) in [6.07, 6.45) is 0. The Morgan fingerprint density at radius 1 is 1.25 bits per heavy atom. The van der Waals surface area contributed by atoms with Crippen molar-refractivity contribution in [3.05, 3.63) is 32.7 Å². The Hall–Kier alpha value is 0.390. The SMILES string of the molecule is CC(C)(CO)[C@H](N)c1cc(Br)cc(Br)c1.Cl. The van der Waals surface area contributed by atoms with Gasteiger partial charge >= 0.3 is 0 Å². The second-order valence-corrected chi connectivity index (χ2v) is 6.16. The molecule has 0 unspecified atom stereocenters. The zero-order valence-electron chi connectivity index (χ0n) is 9.21. The second kappa shape index (κ2) is 6.36. The van der Waals surface area contributed by atoms with Crippen LogP contribution in [0.15, 0.2) is 27.1 Å². The molecule has 0 saturated heterocycles. The van der Waals surface area contributed by atoms with Gasteiger partial charge in [0.05, 0.1) is 0 Å². The number of hydrogen-bond donors (Lipinski definition) is 2. The molecule has 2 nitrogen and oxygen atoms in total. The van der Waals surface area contributed by atoms with E-state index in [1.54, 1.807) is 0 Å². The summed E-state index contributed by atoms with van der Waals surface area (Å²) in [4.78, 5) is 0. The molecule has 1 rings (SSSR count). The first-order valence-corrected chi connectivity index (χ1v) is 6.28. The lowest BCUT2D eigenvalue weighted by atomic mass is 9.82. The van der Waals surface area contributed by atoms with Crippen LogP contribution in [0.2, 0.25) is 0 Å². The lowest BCUT2D eigenvalue weighted by molar-refractivity contribution is 0.132. The molecule has 3 N–H and O–H groups in total. The highest BCUT2D eigenvalue weighted by Gasteiger charge is 2.27. The molecule has 0 aliphatic rings. The van der Waals surface area contributed by atoms with E-state index in [9.17, 15) is 5.11 Å². The third-order valence-corrected chi connectivity index (χ3v) is 3.41. The van der Waals surface area contributed by atoms with Crippen molar-refractivity contribution in [1.29, 1.82) is 0 Å². The van der Waals surface area contributed by atoms with Gasteiger partial charge in [-0.2, -0.15) is 0 Å². The Morgan fingerprint density at radius 2 is 1.69 bits per heavy atom. The predicted molar refractivity (Wildman–Crippen MR) is 76.9 cm³/mol. The van der Waals surface area contributed by atoms with Crippen LogP contribution in [0, 0.1) is 5.41 Å². The molecule has 1 aromatic rings. The van der Waals surface area contributed by atoms with Crippen LogP contribution in [-0.2, 0) is 0 Å². The zero-order chi connectivity index (χ0) is 11.6. The molecular weight excluding hydrogens is 357 g/mol. The monoisotopic (exact) mass is 371 g/mol. The van der Waals surface area contributed by atoms with Gasteiger partial charge in [-0.25, -0.2) is 0 Å². The molecule has 5 heteroatoms. The third-order valence-electron chi connectivity index (χ3n) is 2.49. The first-order valence-electron chi connectivity index (χ1n) is 4.69. The van der Waals surface area contributed by atoms with E-state index in [-0.39, 0.29) is 30.5 Å². The Kier molecular flexibility index (Phi) is 6.51. The molecule has 0 heterocycles. The van der Waals surface area contributed by atoms with Gasteiger partial charge in [0.15, 0.2) is 0 Å². The van der Waals surface area contributed by atoms with Crippen molar-refractivity contribution in [3.63, 3.8) is 0 Å². The van der Waals surface area contributed by atoms with E-state index in [1.165, 1.54) is 0 Å². The first kappa shape index (κ1) is 16.4. The standard InChI is InChI=1S/C11H15Br2NO.ClH/c1-11(2,6-15)10(14)7-3-8(12)5-9(13)4-7;/h3-5,10,15H,6,14H2,1-2H3;1H/t10-;/m1./s1. The lowest BCUT2D eigenvalue weighted by Gasteiger charge is -2.30. The highest BCUT2D eigenvalue weighted by Crippen LogP contribution is 2.33. The molecule has 0 amide bonds. The summed E-state index contributed by atoms with van der Waals surface area (Å²) in [6.45, 7) is 3.97. The van der Waals surface area contributed by atoms with E-state index in [1.807, 2.05) is 32.0 Å². The van der Waals surface area contributed by atoms with Crippen LogP contribution in [0.4, 0.5) is 0 Å². The van der Waals surface area contributed by atoms with Crippen LogP contribution in [-0.4, -0.2) is 11.7 Å². The summed E-state index contributed by atoms with van der Waals surface area (Å²) >= 11 is 6.84. The fraction of sp³-hybridized carbons (Fsp3) is 0.455. The minimum absolute atomic E-state index is 0. The molecule has 0 spiro atoms. The van der Waals surface area contributed by atoms with Gasteiger partial charge in [-0.1, -0.05) is 45.7 Å².